The molecule has 0 fully saturated rings. The van der Waals surface area contributed by atoms with Gasteiger partial charge in [0.15, 0.2) is 5.75 Å². The molecule has 1 N–H and O–H groups in total. The van der Waals surface area contributed by atoms with Crippen LogP contribution in [0.25, 0.3) is 0 Å². The van der Waals surface area contributed by atoms with E-state index in [1.165, 1.54) is 17.3 Å². The van der Waals surface area contributed by atoms with Crippen LogP contribution in [0.2, 0.25) is 19.6 Å². The van der Waals surface area contributed by atoms with Gasteiger partial charge in [-0.3, -0.25) is 4.79 Å². The van der Waals surface area contributed by atoms with Crippen LogP contribution in [0.5, 0.6) is 5.75 Å². The molecule has 13 heavy (non-hydrogen) atoms. The molecule has 70 valence electrons. The molecular formula is C10H14O2Si. The SMILES string of the molecule is C[Si](C)(C)c1ccc(O)c(=O)cc1. The first-order valence-corrected chi connectivity index (χ1v) is 7.75. The topological polar surface area (TPSA) is 37.3 Å². The van der Waals surface area contributed by atoms with Gasteiger partial charge in [-0.15, -0.1) is 0 Å². The van der Waals surface area contributed by atoms with Crippen molar-refractivity contribution >= 4 is 13.3 Å². The lowest BCUT2D eigenvalue weighted by atomic mass is 10.5. The van der Waals surface area contributed by atoms with Crippen molar-refractivity contribution < 1.29 is 5.11 Å². The van der Waals surface area contributed by atoms with Gasteiger partial charge in [0.1, 0.15) is 0 Å². The average molecular weight is 194 g/mol. The van der Waals surface area contributed by atoms with Crippen molar-refractivity contribution in [3.63, 3.8) is 0 Å². The number of aromatic hydroxyl groups is 1. The van der Waals surface area contributed by atoms with E-state index in [9.17, 15) is 9.90 Å². The smallest absolute Gasteiger partial charge is 0.220 e. The Morgan fingerprint density at radius 2 is 1.62 bits per heavy atom. The summed E-state index contributed by atoms with van der Waals surface area (Å²) in [6.07, 6.45) is 0. The van der Waals surface area contributed by atoms with E-state index in [-0.39, 0.29) is 11.2 Å². The summed E-state index contributed by atoms with van der Waals surface area (Å²) in [5.74, 6) is -0.176. The molecule has 3 heteroatoms. The zero-order valence-electron chi connectivity index (χ0n) is 8.16. The van der Waals surface area contributed by atoms with E-state index in [0.29, 0.717) is 0 Å². The third-order valence-electron chi connectivity index (χ3n) is 1.95. The van der Waals surface area contributed by atoms with E-state index in [1.54, 1.807) is 0 Å². The molecule has 0 aromatic heterocycles. The molecule has 0 aliphatic rings. The van der Waals surface area contributed by atoms with Gasteiger partial charge in [-0.25, -0.2) is 0 Å². The van der Waals surface area contributed by atoms with Gasteiger partial charge in [0.2, 0.25) is 5.43 Å². The normalized spacial score (nSPS) is 11.3. The van der Waals surface area contributed by atoms with E-state index in [1.807, 2.05) is 12.1 Å². The molecule has 2 nitrogen and oxygen atoms in total. The van der Waals surface area contributed by atoms with Crippen LogP contribution in [0.1, 0.15) is 0 Å². The highest BCUT2D eigenvalue weighted by Gasteiger charge is 2.15. The highest BCUT2D eigenvalue weighted by molar-refractivity contribution is 6.88. The summed E-state index contributed by atoms with van der Waals surface area (Å²) in [5, 5.41) is 10.3. The minimum atomic E-state index is -1.38. The van der Waals surface area contributed by atoms with Crippen LogP contribution in [0, 0.1) is 0 Å². The lowest BCUT2D eigenvalue weighted by molar-refractivity contribution is 0.471. The standard InChI is InChI=1S/C10H14O2Si/c1-13(2,3)8-4-6-9(11)10(12)7-5-8/h4-7H,1-3H3,(H,11,12). The monoisotopic (exact) mass is 194 g/mol. The largest absolute Gasteiger partial charge is 0.504 e. The maximum Gasteiger partial charge on any atom is 0.220 e. The van der Waals surface area contributed by atoms with Gasteiger partial charge in [0.05, 0.1) is 8.07 Å². The van der Waals surface area contributed by atoms with E-state index in [2.05, 4.69) is 19.6 Å². The first kappa shape index (κ1) is 9.99. The average Bonchev–Trinajstić information content (AvgIpc) is 2.14. The van der Waals surface area contributed by atoms with Crippen LogP contribution in [0.15, 0.2) is 29.1 Å². The molecule has 1 rings (SSSR count). The van der Waals surface area contributed by atoms with Crippen molar-refractivity contribution in [1.29, 1.82) is 0 Å². The Morgan fingerprint density at radius 3 is 2.15 bits per heavy atom. The van der Waals surface area contributed by atoms with Gasteiger partial charge >= 0.3 is 0 Å². The fraction of sp³-hybridized carbons (Fsp3) is 0.300. The summed E-state index contributed by atoms with van der Waals surface area (Å²) < 4.78 is 0. The molecule has 0 spiro atoms. The fourth-order valence-electron chi connectivity index (χ4n) is 1.06. The zero-order valence-corrected chi connectivity index (χ0v) is 9.16. The van der Waals surface area contributed by atoms with Gasteiger partial charge in [0.25, 0.3) is 0 Å². The molecule has 0 bridgehead atoms. The van der Waals surface area contributed by atoms with Crippen molar-refractivity contribution in [2.24, 2.45) is 0 Å². The second-order valence-electron chi connectivity index (χ2n) is 4.12. The van der Waals surface area contributed by atoms with Crippen LogP contribution in [-0.2, 0) is 0 Å². The quantitative estimate of drug-likeness (QED) is 0.684. The van der Waals surface area contributed by atoms with E-state index >= 15 is 0 Å². The van der Waals surface area contributed by atoms with Gasteiger partial charge in [-0.1, -0.05) is 37.0 Å². The van der Waals surface area contributed by atoms with Crippen LogP contribution in [0.4, 0.5) is 0 Å². The molecule has 0 aliphatic carbocycles. The summed E-state index contributed by atoms with van der Waals surface area (Å²) in [7, 11) is -1.38. The number of rotatable bonds is 1. The molecule has 0 heterocycles. The second kappa shape index (κ2) is 3.34. The summed E-state index contributed by atoms with van der Waals surface area (Å²) in [6, 6.07) is 6.57. The predicted molar refractivity (Wildman–Crippen MR) is 57.4 cm³/mol. The Kier molecular flexibility index (Phi) is 2.57. The highest BCUT2D eigenvalue weighted by Crippen LogP contribution is 2.02. The molecule has 0 unspecified atom stereocenters. The van der Waals surface area contributed by atoms with Gasteiger partial charge in [-0.2, -0.15) is 0 Å². The lowest BCUT2D eigenvalue weighted by Gasteiger charge is -2.14. The van der Waals surface area contributed by atoms with E-state index < -0.39 is 8.07 Å². The summed E-state index contributed by atoms with van der Waals surface area (Å²) >= 11 is 0. The minimum absolute atomic E-state index is 0.176. The van der Waals surface area contributed by atoms with Crippen LogP contribution in [-0.4, -0.2) is 13.2 Å². The molecule has 0 atom stereocenters. The molecule has 0 radical (unpaired) electrons. The summed E-state index contributed by atoms with van der Waals surface area (Å²) in [4.78, 5) is 11.1. The molecule has 0 amide bonds. The van der Waals surface area contributed by atoms with Crippen molar-refractivity contribution in [2.45, 2.75) is 19.6 Å². The van der Waals surface area contributed by atoms with E-state index in [0.717, 1.165) is 0 Å². The second-order valence-corrected chi connectivity index (χ2v) is 9.20. The van der Waals surface area contributed by atoms with Crippen LogP contribution < -0.4 is 10.6 Å². The Hall–Kier alpha value is -1.09. The molecule has 1 aromatic carbocycles. The van der Waals surface area contributed by atoms with Gasteiger partial charge < -0.3 is 5.11 Å². The van der Waals surface area contributed by atoms with Crippen LogP contribution in [0.3, 0.4) is 0 Å². The minimum Gasteiger partial charge on any atom is -0.504 e. The van der Waals surface area contributed by atoms with Crippen LogP contribution >= 0.6 is 0 Å². The first-order chi connectivity index (χ1) is 5.91. The summed E-state index contributed by atoms with van der Waals surface area (Å²) in [6.45, 7) is 6.59. The highest BCUT2D eigenvalue weighted by atomic mass is 28.3. The van der Waals surface area contributed by atoms with Crippen molar-refractivity contribution in [3.8, 4) is 5.75 Å². The lowest BCUT2D eigenvalue weighted by Crippen LogP contribution is -2.36. The first-order valence-electron chi connectivity index (χ1n) is 4.25. The maximum atomic E-state index is 11.1. The predicted octanol–water partition coefficient (Wildman–Crippen LogP) is 1.30. The Morgan fingerprint density at radius 1 is 1.08 bits per heavy atom. The summed E-state index contributed by atoms with van der Waals surface area (Å²) in [5.41, 5.74) is -0.315. The zero-order chi connectivity index (χ0) is 10.1. The molecule has 1 aromatic rings. The maximum absolute atomic E-state index is 11.1. The Labute approximate surface area is 78.9 Å². The number of hydrogen-bond donors (Lipinski definition) is 1. The Bertz CT molecular complexity index is 366. The van der Waals surface area contributed by atoms with Crippen molar-refractivity contribution in [3.05, 3.63) is 34.5 Å². The molecule has 0 saturated carbocycles. The Balaban J connectivity index is 3.33. The number of hydrogen-bond acceptors (Lipinski definition) is 2. The third-order valence-corrected chi connectivity index (χ3v) is 4.02. The van der Waals surface area contributed by atoms with Crippen molar-refractivity contribution in [1.82, 2.24) is 0 Å². The van der Waals surface area contributed by atoms with Crippen molar-refractivity contribution in [2.75, 3.05) is 0 Å². The molecular weight excluding hydrogens is 180 g/mol. The molecule has 0 aliphatic heterocycles. The third kappa shape index (κ3) is 2.42. The molecule has 0 saturated heterocycles. The van der Waals surface area contributed by atoms with Gasteiger partial charge in [-0.05, 0) is 12.1 Å². The van der Waals surface area contributed by atoms with Gasteiger partial charge in [0, 0.05) is 0 Å². The fourth-order valence-corrected chi connectivity index (χ4v) is 2.22. The van der Waals surface area contributed by atoms with E-state index in [4.69, 9.17) is 0 Å².